The van der Waals surface area contributed by atoms with E-state index in [4.69, 9.17) is 4.74 Å². The van der Waals surface area contributed by atoms with E-state index >= 15 is 0 Å². The maximum absolute atomic E-state index is 5.36. The normalized spacial score (nSPS) is 16.4. The first kappa shape index (κ1) is 10.9. The number of halogens is 1. The van der Waals surface area contributed by atoms with Crippen molar-refractivity contribution in [3.05, 3.63) is 28.9 Å². The molecule has 1 aromatic carbocycles. The molecule has 0 spiro atoms. The van der Waals surface area contributed by atoms with Crippen LogP contribution >= 0.6 is 15.9 Å². The average molecular weight is 294 g/mol. The van der Waals surface area contributed by atoms with Crippen molar-refractivity contribution >= 4 is 32.5 Å². The molecule has 2 heterocycles. The second-order valence-corrected chi connectivity index (χ2v) is 4.85. The van der Waals surface area contributed by atoms with Crippen LogP contribution in [0.3, 0.4) is 0 Å². The summed E-state index contributed by atoms with van der Waals surface area (Å²) in [7, 11) is 0. The van der Waals surface area contributed by atoms with Gasteiger partial charge in [-0.15, -0.1) is 0 Å². The second kappa shape index (κ2) is 4.58. The molecule has 0 amide bonds. The Hall–Kier alpha value is -1.20. The van der Waals surface area contributed by atoms with E-state index in [1.54, 1.807) is 6.20 Å². The van der Waals surface area contributed by atoms with Gasteiger partial charge in [0.25, 0.3) is 0 Å². The molecule has 3 rings (SSSR count). The van der Waals surface area contributed by atoms with Crippen molar-refractivity contribution in [2.24, 2.45) is 0 Å². The highest BCUT2D eigenvalue weighted by Crippen LogP contribution is 2.28. The van der Waals surface area contributed by atoms with Gasteiger partial charge >= 0.3 is 0 Å². The van der Waals surface area contributed by atoms with Crippen molar-refractivity contribution in [2.45, 2.75) is 0 Å². The van der Waals surface area contributed by atoms with Crippen LogP contribution < -0.4 is 4.90 Å². The number of morpholine rings is 1. The zero-order valence-corrected chi connectivity index (χ0v) is 10.9. The van der Waals surface area contributed by atoms with Crippen LogP contribution in [0, 0.1) is 0 Å². The Morgan fingerprint density at radius 2 is 2.06 bits per heavy atom. The van der Waals surface area contributed by atoms with Crippen molar-refractivity contribution in [3.63, 3.8) is 0 Å². The molecule has 88 valence electrons. The highest BCUT2D eigenvalue weighted by atomic mass is 79.9. The maximum atomic E-state index is 5.36. The Morgan fingerprint density at radius 3 is 2.88 bits per heavy atom. The number of ether oxygens (including phenoxy) is 1. The van der Waals surface area contributed by atoms with E-state index in [0.717, 1.165) is 41.7 Å². The molecular weight excluding hydrogens is 282 g/mol. The molecule has 0 unspecified atom stereocenters. The topological polar surface area (TPSA) is 38.2 Å². The molecule has 4 nitrogen and oxygen atoms in total. The Morgan fingerprint density at radius 1 is 1.24 bits per heavy atom. The summed E-state index contributed by atoms with van der Waals surface area (Å²) in [5.74, 6) is 0. The molecule has 0 bridgehead atoms. The lowest BCUT2D eigenvalue weighted by Gasteiger charge is -2.29. The number of aromatic nitrogens is 2. The Labute approximate surface area is 108 Å². The van der Waals surface area contributed by atoms with Crippen molar-refractivity contribution < 1.29 is 4.74 Å². The summed E-state index contributed by atoms with van der Waals surface area (Å²) in [6.45, 7) is 3.43. The number of hydrogen-bond donors (Lipinski definition) is 0. The van der Waals surface area contributed by atoms with Gasteiger partial charge in [0.1, 0.15) is 0 Å². The predicted molar refractivity (Wildman–Crippen MR) is 70.3 cm³/mol. The minimum absolute atomic E-state index is 0.788. The standard InChI is InChI=1S/C12H12BrN3O/c13-11-7-9(16-3-5-17-6-4-16)8-12-10(11)1-2-14-15-12/h1-2,7-8H,3-6H2. The Bertz CT molecular complexity index is 540. The van der Waals surface area contributed by atoms with Crippen LogP contribution in [-0.2, 0) is 4.74 Å². The molecule has 0 atom stereocenters. The lowest BCUT2D eigenvalue weighted by Crippen LogP contribution is -2.36. The van der Waals surface area contributed by atoms with Gasteiger partial charge < -0.3 is 9.64 Å². The van der Waals surface area contributed by atoms with Gasteiger partial charge in [-0.1, -0.05) is 15.9 Å². The summed E-state index contributed by atoms with van der Waals surface area (Å²) in [5.41, 5.74) is 2.09. The lowest BCUT2D eigenvalue weighted by molar-refractivity contribution is 0.122. The van der Waals surface area contributed by atoms with E-state index in [1.165, 1.54) is 5.69 Å². The van der Waals surface area contributed by atoms with Gasteiger partial charge in [0.15, 0.2) is 0 Å². The number of fused-ring (bicyclic) bond motifs is 1. The Kier molecular flexibility index (Phi) is 2.94. The summed E-state index contributed by atoms with van der Waals surface area (Å²) >= 11 is 3.59. The molecule has 0 N–H and O–H groups in total. The van der Waals surface area contributed by atoms with Crippen LogP contribution in [0.4, 0.5) is 5.69 Å². The SMILES string of the molecule is Brc1cc(N2CCOCC2)cc2nnccc12. The van der Waals surface area contributed by atoms with E-state index in [-0.39, 0.29) is 0 Å². The zero-order valence-electron chi connectivity index (χ0n) is 9.27. The van der Waals surface area contributed by atoms with E-state index in [1.807, 2.05) is 6.07 Å². The molecule has 1 aromatic heterocycles. The highest BCUT2D eigenvalue weighted by molar-refractivity contribution is 9.10. The van der Waals surface area contributed by atoms with Crippen LogP contribution in [0.5, 0.6) is 0 Å². The molecule has 1 aliphatic rings. The molecule has 0 saturated carbocycles. The summed E-state index contributed by atoms with van der Waals surface area (Å²) < 4.78 is 6.42. The second-order valence-electron chi connectivity index (χ2n) is 3.99. The average Bonchev–Trinajstić information content (AvgIpc) is 2.40. The fourth-order valence-corrected chi connectivity index (χ4v) is 2.61. The van der Waals surface area contributed by atoms with E-state index in [0.29, 0.717) is 0 Å². The molecular formula is C12H12BrN3O. The van der Waals surface area contributed by atoms with Gasteiger partial charge in [0, 0.05) is 28.6 Å². The van der Waals surface area contributed by atoms with Crippen LogP contribution in [0.25, 0.3) is 10.9 Å². The van der Waals surface area contributed by atoms with Gasteiger partial charge in [-0.25, -0.2) is 0 Å². The van der Waals surface area contributed by atoms with Crippen molar-refractivity contribution in [1.82, 2.24) is 10.2 Å². The van der Waals surface area contributed by atoms with Crippen LogP contribution in [-0.4, -0.2) is 36.5 Å². The largest absolute Gasteiger partial charge is 0.378 e. The van der Waals surface area contributed by atoms with E-state index in [2.05, 4.69) is 43.2 Å². The van der Waals surface area contributed by atoms with Gasteiger partial charge in [-0.2, -0.15) is 10.2 Å². The minimum Gasteiger partial charge on any atom is -0.378 e. The molecule has 0 radical (unpaired) electrons. The molecule has 17 heavy (non-hydrogen) atoms. The van der Waals surface area contributed by atoms with Gasteiger partial charge in [0.05, 0.1) is 24.9 Å². The van der Waals surface area contributed by atoms with Crippen molar-refractivity contribution in [2.75, 3.05) is 31.2 Å². The molecule has 1 saturated heterocycles. The highest BCUT2D eigenvalue weighted by Gasteiger charge is 2.13. The first-order valence-corrected chi connectivity index (χ1v) is 6.37. The number of anilines is 1. The lowest BCUT2D eigenvalue weighted by atomic mass is 10.2. The maximum Gasteiger partial charge on any atom is 0.0961 e. The summed E-state index contributed by atoms with van der Waals surface area (Å²) in [5, 5.41) is 9.18. The molecule has 0 aliphatic carbocycles. The number of nitrogens with zero attached hydrogens (tertiary/aromatic N) is 3. The van der Waals surface area contributed by atoms with Crippen molar-refractivity contribution in [3.8, 4) is 0 Å². The third kappa shape index (κ3) is 2.12. The monoisotopic (exact) mass is 293 g/mol. The van der Waals surface area contributed by atoms with E-state index < -0.39 is 0 Å². The van der Waals surface area contributed by atoms with Crippen LogP contribution in [0.1, 0.15) is 0 Å². The fraction of sp³-hybridized carbons (Fsp3) is 0.333. The first-order valence-electron chi connectivity index (χ1n) is 5.58. The molecule has 2 aromatic rings. The summed E-state index contributed by atoms with van der Waals surface area (Å²) in [6.07, 6.45) is 1.71. The Balaban J connectivity index is 2.05. The van der Waals surface area contributed by atoms with Gasteiger partial charge in [-0.3, -0.25) is 0 Å². The van der Waals surface area contributed by atoms with Gasteiger partial charge in [-0.05, 0) is 18.2 Å². The smallest absolute Gasteiger partial charge is 0.0961 e. The third-order valence-electron chi connectivity index (χ3n) is 2.94. The molecule has 5 heteroatoms. The molecule has 1 aliphatic heterocycles. The fourth-order valence-electron chi connectivity index (χ4n) is 2.04. The molecule has 1 fully saturated rings. The summed E-state index contributed by atoms with van der Waals surface area (Å²) in [6, 6.07) is 6.18. The number of rotatable bonds is 1. The van der Waals surface area contributed by atoms with Crippen LogP contribution in [0.2, 0.25) is 0 Å². The summed E-state index contributed by atoms with van der Waals surface area (Å²) in [4.78, 5) is 2.31. The third-order valence-corrected chi connectivity index (χ3v) is 3.60. The minimum atomic E-state index is 0.788. The first-order chi connectivity index (χ1) is 8.34. The van der Waals surface area contributed by atoms with Crippen LogP contribution in [0.15, 0.2) is 28.9 Å². The number of hydrogen-bond acceptors (Lipinski definition) is 4. The van der Waals surface area contributed by atoms with E-state index in [9.17, 15) is 0 Å². The predicted octanol–water partition coefficient (Wildman–Crippen LogP) is 2.23. The van der Waals surface area contributed by atoms with Crippen molar-refractivity contribution in [1.29, 1.82) is 0 Å². The number of benzene rings is 1. The van der Waals surface area contributed by atoms with Gasteiger partial charge in [0.2, 0.25) is 0 Å². The quantitative estimate of drug-likeness (QED) is 0.808. The zero-order chi connectivity index (χ0) is 11.7.